The monoisotopic (exact) mass is 552 g/mol. The van der Waals surface area contributed by atoms with Crippen LogP contribution in [0, 0.1) is 17.3 Å². The number of carboxylic acids is 1. The van der Waals surface area contributed by atoms with Crippen LogP contribution < -0.4 is 10.6 Å². The second-order valence-electron chi connectivity index (χ2n) is 12.0. The largest absolute Gasteiger partial charge is 0.480 e. The number of amides is 1. The van der Waals surface area contributed by atoms with Crippen LogP contribution in [-0.4, -0.2) is 33.7 Å². The van der Waals surface area contributed by atoms with Gasteiger partial charge in [0.05, 0.1) is 22.4 Å². The lowest BCUT2D eigenvalue weighted by Gasteiger charge is -2.61. The molecule has 4 saturated carbocycles. The summed E-state index contributed by atoms with van der Waals surface area (Å²) in [7, 11) is 0. The predicted octanol–water partition coefficient (Wildman–Crippen LogP) is 5.99. The maximum atomic E-state index is 13.8. The first-order chi connectivity index (χ1) is 18.9. The molecule has 3 aromatic carbocycles. The van der Waals surface area contributed by atoms with Gasteiger partial charge in [-0.3, -0.25) is 4.79 Å². The fourth-order valence-corrected chi connectivity index (χ4v) is 7.96. The Balaban J connectivity index is 1.29. The number of aliphatic hydroxyl groups is 1. The molecule has 4 N–H and O–H groups in total. The van der Waals surface area contributed by atoms with Gasteiger partial charge < -0.3 is 20.8 Å². The average molecular weight is 553 g/mol. The number of rotatable bonds is 7. The van der Waals surface area contributed by atoms with Crippen LogP contribution in [0.25, 0.3) is 10.8 Å². The van der Waals surface area contributed by atoms with Crippen LogP contribution in [0.3, 0.4) is 0 Å². The maximum Gasteiger partial charge on any atom is 0.416 e. The van der Waals surface area contributed by atoms with Gasteiger partial charge in [-0.05, 0) is 79.5 Å². The fraction of sp³-hybridized carbons (Fsp3) is 0.419. The van der Waals surface area contributed by atoms with E-state index in [0.29, 0.717) is 43.4 Å². The zero-order chi connectivity index (χ0) is 28.3. The third-order valence-electron chi connectivity index (χ3n) is 9.13. The van der Waals surface area contributed by atoms with Gasteiger partial charge >= 0.3 is 12.1 Å². The van der Waals surface area contributed by atoms with Crippen LogP contribution in [0.2, 0.25) is 0 Å². The third-order valence-corrected chi connectivity index (χ3v) is 9.13. The highest BCUT2D eigenvalue weighted by atomic mass is 19.4. The minimum absolute atomic E-state index is 0.162. The first-order valence-corrected chi connectivity index (χ1v) is 13.6. The lowest BCUT2D eigenvalue weighted by atomic mass is 9.46. The van der Waals surface area contributed by atoms with Gasteiger partial charge in [-0.15, -0.1) is 0 Å². The zero-order valence-corrected chi connectivity index (χ0v) is 21.8. The number of nitrogens with one attached hydrogen (secondary N) is 2. The molecule has 4 bridgehead atoms. The van der Waals surface area contributed by atoms with Crippen LogP contribution >= 0.6 is 0 Å². The van der Waals surface area contributed by atoms with E-state index < -0.39 is 40.7 Å². The highest BCUT2D eigenvalue weighted by Crippen LogP contribution is 2.62. The van der Waals surface area contributed by atoms with Gasteiger partial charge in [-0.1, -0.05) is 42.5 Å². The molecule has 4 aliphatic carbocycles. The number of alkyl halides is 3. The molecule has 40 heavy (non-hydrogen) atoms. The standard InChI is InChI=1S/C31H31F3N2O4/c32-31(33,34)22-8-5-18(6-9-22)16-35-25-23-4-2-1-3-21(23)7-10-24(25)27(37)36-26(28(38)39)29-12-19-11-20(13-29)15-30(40,14-19)17-29/h1-10,19-20,26,35,40H,11-17H2,(H,36,37)(H,38,39)/t19?,20?,26-,29?,30?/m1/s1. The minimum atomic E-state index is -4.43. The van der Waals surface area contributed by atoms with Crippen molar-refractivity contribution in [2.75, 3.05) is 5.32 Å². The number of hydrogen-bond donors (Lipinski definition) is 4. The Hall–Kier alpha value is -3.59. The lowest BCUT2D eigenvalue weighted by molar-refractivity contribution is -0.181. The van der Waals surface area contributed by atoms with Crippen molar-refractivity contribution in [1.29, 1.82) is 0 Å². The van der Waals surface area contributed by atoms with Crippen LogP contribution in [0.1, 0.15) is 60.0 Å². The van der Waals surface area contributed by atoms with E-state index >= 15 is 0 Å². The Kier molecular flexibility index (Phi) is 6.33. The molecular formula is C31H31F3N2O4. The summed E-state index contributed by atoms with van der Waals surface area (Å²) in [4.78, 5) is 26.4. The Morgan fingerprint density at radius 3 is 2.25 bits per heavy atom. The number of hydrogen-bond acceptors (Lipinski definition) is 4. The zero-order valence-electron chi connectivity index (χ0n) is 21.8. The Labute approximate surface area is 229 Å². The third kappa shape index (κ3) is 4.80. The molecule has 0 spiro atoms. The molecule has 4 fully saturated rings. The highest BCUT2D eigenvalue weighted by Gasteiger charge is 2.61. The number of fused-ring (bicyclic) bond motifs is 1. The second-order valence-corrected chi connectivity index (χ2v) is 12.0. The molecule has 0 aliphatic heterocycles. The maximum absolute atomic E-state index is 13.8. The van der Waals surface area contributed by atoms with E-state index in [1.165, 1.54) is 12.1 Å². The number of halogens is 3. The van der Waals surface area contributed by atoms with Gasteiger partial charge in [0.1, 0.15) is 6.04 Å². The number of aliphatic carboxylic acids is 1. The first kappa shape index (κ1) is 26.6. The van der Waals surface area contributed by atoms with E-state index in [2.05, 4.69) is 10.6 Å². The summed E-state index contributed by atoms with van der Waals surface area (Å²) >= 11 is 0. The summed E-state index contributed by atoms with van der Waals surface area (Å²) in [5.41, 5.74) is -0.998. The molecule has 210 valence electrons. The van der Waals surface area contributed by atoms with Crippen molar-refractivity contribution in [3.8, 4) is 0 Å². The van der Waals surface area contributed by atoms with Crippen molar-refractivity contribution < 1.29 is 33.0 Å². The Morgan fingerprint density at radius 2 is 1.62 bits per heavy atom. The Morgan fingerprint density at radius 1 is 0.950 bits per heavy atom. The second kappa shape index (κ2) is 9.51. The SMILES string of the molecule is O=C(N[C@H](C(=O)O)C12CC3CC(CC(O)(C3)C1)C2)c1ccc2ccccc2c1NCc1ccc(C(F)(F)F)cc1. The van der Waals surface area contributed by atoms with E-state index in [-0.39, 0.29) is 23.9 Å². The highest BCUT2D eigenvalue weighted by molar-refractivity contribution is 6.09. The van der Waals surface area contributed by atoms with E-state index in [9.17, 15) is 33.0 Å². The first-order valence-electron chi connectivity index (χ1n) is 13.6. The van der Waals surface area contributed by atoms with E-state index in [4.69, 9.17) is 0 Å². The summed E-state index contributed by atoms with van der Waals surface area (Å²) in [5, 5.41) is 29.1. The molecule has 6 nitrogen and oxygen atoms in total. The molecule has 1 amide bonds. The van der Waals surface area contributed by atoms with Crippen LogP contribution in [-0.2, 0) is 17.5 Å². The Bertz CT molecular complexity index is 1460. The molecule has 3 aromatic rings. The number of carbonyl (C=O) groups is 2. The van der Waals surface area contributed by atoms with Crippen molar-refractivity contribution in [3.63, 3.8) is 0 Å². The molecule has 7 rings (SSSR count). The summed E-state index contributed by atoms with van der Waals surface area (Å²) in [5.74, 6) is -1.15. The van der Waals surface area contributed by atoms with Gasteiger partial charge in [0.15, 0.2) is 0 Å². The van der Waals surface area contributed by atoms with Gasteiger partial charge in [-0.25, -0.2) is 4.79 Å². The van der Waals surface area contributed by atoms with E-state index in [0.717, 1.165) is 29.3 Å². The minimum Gasteiger partial charge on any atom is -0.480 e. The normalized spacial score (nSPS) is 27.9. The molecule has 3 atom stereocenters. The van der Waals surface area contributed by atoms with Crippen molar-refractivity contribution >= 4 is 28.3 Å². The van der Waals surface area contributed by atoms with E-state index in [1.807, 2.05) is 24.3 Å². The molecule has 4 aliphatic rings. The lowest BCUT2D eigenvalue weighted by Crippen LogP contribution is -2.64. The fourth-order valence-electron chi connectivity index (χ4n) is 7.96. The number of benzene rings is 3. The average Bonchev–Trinajstić information content (AvgIpc) is 2.88. The van der Waals surface area contributed by atoms with Crippen molar-refractivity contribution in [2.24, 2.45) is 17.3 Å². The molecular weight excluding hydrogens is 521 g/mol. The van der Waals surface area contributed by atoms with Crippen LogP contribution in [0.5, 0.6) is 0 Å². The molecule has 0 saturated heterocycles. The van der Waals surface area contributed by atoms with Crippen molar-refractivity contribution in [3.05, 3.63) is 77.4 Å². The topological polar surface area (TPSA) is 98.7 Å². The molecule has 0 radical (unpaired) electrons. The van der Waals surface area contributed by atoms with E-state index in [1.54, 1.807) is 12.1 Å². The number of carboxylic acid groups (broad SMARTS) is 1. The summed E-state index contributed by atoms with van der Waals surface area (Å²) < 4.78 is 39.0. The smallest absolute Gasteiger partial charge is 0.416 e. The van der Waals surface area contributed by atoms with Crippen molar-refractivity contribution in [1.82, 2.24) is 5.32 Å². The summed E-state index contributed by atoms with van der Waals surface area (Å²) in [6.07, 6.45) is -0.365. The van der Waals surface area contributed by atoms with Crippen LogP contribution in [0.15, 0.2) is 60.7 Å². The number of anilines is 1. The summed E-state index contributed by atoms with van der Waals surface area (Å²) in [6, 6.07) is 14.5. The molecule has 9 heteroatoms. The molecule has 0 heterocycles. The van der Waals surface area contributed by atoms with Gasteiger partial charge in [0.2, 0.25) is 0 Å². The van der Waals surface area contributed by atoms with Gasteiger partial charge in [0, 0.05) is 17.3 Å². The van der Waals surface area contributed by atoms with Gasteiger partial charge in [0.25, 0.3) is 5.91 Å². The summed E-state index contributed by atoms with van der Waals surface area (Å²) in [6.45, 7) is 0.162. The molecule has 0 aromatic heterocycles. The number of carbonyl (C=O) groups excluding carboxylic acids is 1. The molecule has 2 unspecified atom stereocenters. The van der Waals surface area contributed by atoms with Crippen LogP contribution in [0.4, 0.5) is 18.9 Å². The van der Waals surface area contributed by atoms with Gasteiger partial charge in [-0.2, -0.15) is 13.2 Å². The quantitative estimate of drug-likeness (QED) is 0.289. The van der Waals surface area contributed by atoms with Crippen molar-refractivity contribution in [2.45, 2.75) is 62.9 Å². The predicted molar refractivity (Wildman–Crippen MR) is 144 cm³/mol.